The van der Waals surface area contributed by atoms with Crippen LogP contribution in [-0.2, 0) is 4.79 Å². The summed E-state index contributed by atoms with van der Waals surface area (Å²) in [5.41, 5.74) is 7.22. The molecule has 1 heterocycles. The first-order valence-electron chi connectivity index (χ1n) is 10.5. The lowest BCUT2D eigenvalue weighted by Crippen LogP contribution is -1.97. The van der Waals surface area contributed by atoms with Gasteiger partial charge in [-0.2, -0.15) is 5.26 Å². The van der Waals surface area contributed by atoms with Crippen molar-refractivity contribution in [3.05, 3.63) is 112 Å². The molecule has 0 unspecified atom stereocenters. The van der Waals surface area contributed by atoms with Crippen molar-refractivity contribution in [2.45, 2.75) is 13.3 Å². The Morgan fingerprint density at radius 2 is 1.85 bits per heavy atom. The second kappa shape index (κ2) is 9.60. The van der Waals surface area contributed by atoms with Crippen molar-refractivity contribution in [2.75, 3.05) is 0 Å². The number of para-hydroxylation sites is 1. The quantitative estimate of drug-likeness (QED) is 0.240. The average molecular weight is 453 g/mol. The Hall–Kier alpha value is -4.07. The summed E-state index contributed by atoms with van der Waals surface area (Å²) in [5.74, 6) is -0.985. The van der Waals surface area contributed by atoms with Crippen molar-refractivity contribution in [3.8, 4) is 6.07 Å². The predicted molar refractivity (Wildman–Crippen MR) is 134 cm³/mol. The van der Waals surface area contributed by atoms with Crippen molar-refractivity contribution in [1.29, 1.82) is 5.26 Å². The van der Waals surface area contributed by atoms with E-state index in [1.54, 1.807) is 18.2 Å². The van der Waals surface area contributed by atoms with E-state index in [4.69, 9.17) is 16.7 Å². The van der Waals surface area contributed by atoms with Gasteiger partial charge in [0.05, 0.1) is 11.6 Å². The van der Waals surface area contributed by atoms with Gasteiger partial charge in [0.15, 0.2) is 0 Å². The number of nitrogens with one attached hydrogen (secondary N) is 1. The number of benzene rings is 3. The molecule has 4 aromatic rings. The maximum Gasteiger partial charge on any atom is 0.328 e. The summed E-state index contributed by atoms with van der Waals surface area (Å²) in [5, 5.41) is 19.8. The van der Waals surface area contributed by atoms with Crippen molar-refractivity contribution < 1.29 is 9.90 Å². The highest BCUT2D eigenvalue weighted by atomic mass is 35.5. The van der Waals surface area contributed by atoms with Crippen LogP contribution in [0.2, 0.25) is 5.02 Å². The van der Waals surface area contributed by atoms with Crippen molar-refractivity contribution >= 4 is 45.7 Å². The lowest BCUT2D eigenvalue weighted by atomic mass is 9.90. The van der Waals surface area contributed by atoms with Crippen molar-refractivity contribution in [3.63, 3.8) is 0 Å². The highest BCUT2D eigenvalue weighted by Crippen LogP contribution is 2.38. The first kappa shape index (κ1) is 22.1. The highest BCUT2D eigenvalue weighted by Gasteiger charge is 2.17. The number of carbonyl (C=O) groups is 1. The predicted octanol–water partition coefficient (Wildman–Crippen LogP) is 7.16. The molecule has 2 N–H and O–H groups in total. The van der Waals surface area contributed by atoms with Crippen molar-refractivity contribution in [1.82, 2.24) is 4.98 Å². The Morgan fingerprint density at radius 1 is 1.09 bits per heavy atom. The normalized spacial score (nSPS) is 12.0. The summed E-state index contributed by atoms with van der Waals surface area (Å²) >= 11 is 6.62. The van der Waals surface area contributed by atoms with Gasteiger partial charge in [-0.05, 0) is 59.0 Å². The molecule has 0 aliphatic heterocycles. The molecule has 4 rings (SSSR count). The largest absolute Gasteiger partial charge is 0.478 e. The van der Waals surface area contributed by atoms with E-state index >= 15 is 0 Å². The third-order valence-electron chi connectivity index (χ3n) is 5.50. The van der Waals surface area contributed by atoms with Crippen LogP contribution in [0, 0.1) is 11.3 Å². The van der Waals surface area contributed by atoms with Gasteiger partial charge in [0.25, 0.3) is 0 Å². The molecule has 0 saturated carbocycles. The molecule has 0 fully saturated rings. The number of nitrogens with zero attached hydrogens (tertiary/aromatic N) is 1. The summed E-state index contributed by atoms with van der Waals surface area (Å²) in [6.45, 7) is 2.08. The molecule has 4 nitrogen and oxygen atoms in total. The first-order chi connectivity index (χ1) is 16.0. The van der Waals surface area contributed by atoms with Gasteiger partial charge < -0.3 is 10.1 Å². The minimum atomic E-state index is -0.985. The molecular formula is C28H21ClN2O2. The zero-order valence-electron chi connectivity index (χ0n) is 18.0. The van der Waals surface area contributed by atoms with E-state index in [0.717, 1.165) is 56.9 Å². The molecule has 0 spiro atoms. The fourth-order valence-corrected chi connectivity index (χ4v) is 4.25. The van der Waals surface area contributed by atoms with Crippen molar-refractivity contribution in [2.24, 2.45) is 0 Å². The number of aromatic amines is 1. The molecule has 0 aliphatic rings. The van der Waals surface area contributed by atoms with Crippen LogP contribution < -0.4 is 0 Å². The molecule has 1 aromatic heterocycles. The summed E-state index contributed by atoms with van der Waals surface area (Å²) in [6, 6.07) is 25.5. The van der Waals surface area contributed by atoms with Gasteiger partial charge in [-0.25, -0.2) is 4.79 Å². The molecular weight excluding hydrogens is 432 g/mol. The Morgan fingerprint density at radius 3 is 2.48 bits per heavy atom. The number of fused-ring (bicyclic) bond motifs is 1. The monoisotopic (exact) mass is 452 g/mol. The second-order valence-electron chi connectivity index (χ2n) is 7.58. The van der Waals surface area contributed by atoms with Crippen LogP contribution in [0.4, 0.5) is 0 Å². The van der Waals surface area contributed by atoms with Crippen LogP contribution in [-0.4, -0.2) is 16.1 Å². The smallest absolute Gasteiger partial charge is 0.328 e. The molecule has 0 saturated heterocycles. The van der Waals surface area contributed by atoms with E-state index in [-0.39, 0.29) is 0 Å². The van der Waals surface area contributed by atoms with E-state index in [1.165, 1.54) is 0 Å². The zero-order chi connectivity index (χ0) is 23.4. The van der Waals surface area contributed by atoms with Gasteiger partial charge >= 0.3 is 5.97 Å². The standard InChI is InChI=1S/C28H21ClN2O2/c1-2-22(23-13-9-19(17-30)15-24(23)29)28(26-16-21-5-3-4-6-25(21)31-26)20-11-7-18(8-12-20)10-14-27(32)33/h3-16,31H,2H2,1H3,(H,32,33)/b14-10+,28-22+. The zero-order valence-corrected chi connectivity index (χ0v) is 18.7. The van der Waals surface area contributed by atoms with E-state index < -0.39 is 5.97 Å². The van der Waals surface area contributed by atoms with Crippen LogP contribution in [0.1, 0.15) is 41.3 Å². The minimum Gasteiger partial charge on any atom is -0.478 e. The number of carboxylic acid groups (broad SMARTS) is 1. The summed E-state index contributed by atoms with van der Waals surface area (Å²) < 4.78 is 0. The second-order valence-corrected chi connectivity index (χ2v) is 7.98. The van der Waals surface area contributed by atoms with E-state index in [0.29, 0.717) is 10.6 Å². The molecule has 0 amide bonds. The van der Waals surface area contributed by atoms with Gasteiger partial charge in [-0.15, -0.1) is 0 Å². The Bertz CT molecular complexity index is 1400. The number of aromatic nitrogens is 1. The Balaban J connectivity index is 1.94. The van der Waals surface area contributed by atoms with E-state index in [2.05, 4.69) is 30.1 Å². The molecule has 0 radical (unpaired) electrons. The first-order valence-corrected chi connectivity index (χ1v) is 10.9. The molecule has 5 heteroatoms. The number of hydrogen-bond acceptors (Lipinski definition) is 2. The van der Waals surface area contributed by atoms with Crippen LogP contribution in [0.5, 0.6) is 0 Å². The van der Waals surface area contributed by atoms with Gasteiger partial charge in [-0.3, -0.25) is 0 Å². The lowest BCUT2D eigenvalue weighted by Gasteiger charge is -2.16. The van der Waals surface area contributed by atoms with Gasteiger partial charge in [0.2, 0.25) is 0 Å². The molecule has 162 valence electrons. The average Bonchev–Trinajstić information content (AvgIpc) is 3.25. The third-order valence-corrected chi connectivity index (χ3v) is 5.81. The number of rotatable bonds is 6. The van der Waals surface area contributed by atoms with Gasteiger partial charge in [0, 0.05) is 33.3 Å². The number of carboxylic acids is 1. The fraction of sp³-hybridized carbons (Fsp3) is 0.0714. The fourth-order valence-electron chi connectivity index (χ4n) is 3.96. The minimum absolute atomic E-state index is 0.515. The van der Waals surface area contributed by atoms with Gasteiger partial charge in [-0.1, -0.05) is 67.1 Å². The Labute approximate surface area is 197 Å². The molecule has 3 aromatic carbocycles. The maximum absolute atomic E-state index is 10.8. The highest BCUT2D eigenvalue weighted by molar-refractivity contribution is 6.33. The Kier molecular flexibility index (Phi) is 6.44. The van der Waals surface area contributed by atoms with Crippen LogP contribution in [0.25, 0.3) is 28.1 Å². The van der Waals surface area contributed by atoms with E-state index in [1.807, 2.05) is 48.5 Å². The summed E-state index contributed by atoms with van der Waals surface area (Å²) in [6.07, 6.45) is 3.41. The number of aliphatic carboxylic acids is 1. The third kappa shape index (κ3) is 4.74. The number of halogens is 1. The molecule has 0 atom stereocenters. The summed E-state index contributed by atoms with van der Waals surface area (Å²) in [7, 11) is 0. The number of nitriles is 1. The molecule has 0 aliphatic carbocycles. The van der Waals surface area contributed by atoms with Crippen LogP contribution >= 0.6 is 11.6 Å². The SMILES string of the molecule is CC/C(=C(/c1ccc(/C=C/C(=O)O)cc1)c1cc2ccccc2[nH]1)c1ccc(C#N)cc1Cl. The van der Waals surface area contributed by atoms with Gasteiger partial charge in [0.1, 0.15) is 0 Å². The van der Waals surface area contributed by atoms with Crippen LogP contribution in [0.3, 0.4) is 0 Å². The molecule has 0 bridgehead atoms. The van der Waals surface area contributed by atoms with E-state index in [9.17, 15) is 10.1 Å². The number of hydrogen-bond donors (Lipinski definition) is 2. The summed E-state index contributed by atoms with van der Waals surface area (Å²) in [4.78, 5) is 14.4. The number of H-pyrrole nitrogens is 1. The lowest BCUT2D eigenvalue weighted by molar-refractivity contribution is -0.131. The maximum atomic E-state index is 10.8. The van der Waals surface area contributed by atoms with Crippen LogP contribution in [0.15, 0.2) is 78.9 Å². The topological polar surface area (TPSA) is 76.9 Å². The number of allylic oxidation sites excluding steroid dienone is 1. The molecule has 33 heavy (non-hydrogen) atoms.